The first kappa shape index (κ1) is 14.1. The van der Waals surface area contributed by atoms with E-state index in [1.807, 2.05) is 6.92 Å². The summed E-state index contributed by atoms with van der Waals surface area (Å²) >= 11 is 0. The van der Waals surface area contributed by atoms with E-state index in [1.54, 1.807) is 24.3 Å². The molecule has 0 N–H and O–H groups in total. The zero-order valence-electron chi connectivity index (χ0n) is 10.4. The summed E-state index contributed by atoms with van der Waals surface area (Å²) in [5.74, 6) is 0. The first-order valence-electron chi connectivity index (χ1n) is 5.03. The van der Waals surface area contributed by atoms with Crippen LogP contribution in [0.1, 0.15) is 5.56 Å². The smallest absolute Gasteiger partial charge is 0.246 e. The second-order valence-electron chi connectivity index (χ2n) is 3.61. The van der Waals surface area contributed by atoms with Crippen LogP contribution in [0, 0.1) is 6.92 Å². The van der Waals surface area contributed by atoms with Crippen molar-refractivity contribution in [1.29, 1.82) is 0 Å². The molecule has 0 atom stereocenters. The first-order valence-corrected chi connectivity index (χ1v) is 6.47. The normalized spacial score (nSPS) is 12.4. The van der Waals surface area contributed by atoms with Crippen LogP contribution >= 0.6 is 0 Å². The molecule has 1 aromatic carbocycles. The fourth-order valence-corrected chi connectivity index (χ4v) is 2.59. The number of benzene rings is 1. The molecule has 1 rings (SSSR count). The highest BCUT2D eigenvalue weighted by atomic mass is 32.2. The molecule has 0 saturated carbocycles. The van der Waals surface area contributed by atoms with E-state index in [9.17, 15) is 8.42 Å². The summed E-state index contributed by atoms with van der Waals surface area (Å²) in [4.78, 5) is 0.213. The number of rotatable bonds is 5. The number of aryl methyl sites for hydroxylation is 1. The van der Waals surface area contributed by atoms with E-state index in [0.717, 1.165) is 9.87 Å². The fourth-order valence-electron chi connectivity index (χ4n) is 1.38. The number of nitrogens with zero attached hydrogens (tertiary/aromatic N) is 1. The molecule has 0 heterocycles. The maximum atomic E-state index is 12.2. The van der Waals surface area contributed by atoms with E-state index in [1.165, 1.54) is 21.3 Å². The van der Waals surface area contributed by atoms with Crippen molar-refractivity contribution in [2.24, 2.45) is 0 Å². The molecule has 0 aliphatic carbocycles. The molecule has 6 heteroatoms. The minimum atomic E-state index is -3.60. The summed E-state index contributed by atoms with van der Waals surface area (Å²) in [5.41, 5.74) is 1.00. The van der Waals surface area contributed by atoms with Gasteiger partial charge in [-0.25, -0.2) is 8.42 Å². The summed E-state index contributed by atoms with van der Waals surface area (Å²) in [6.07, 6.45) is -0.929. The SMILES string of the molecule is COC(OC)N(C)S(=O)(=O)c1ccc(C)cc1. The molecule has 0 amide bonds. The van der Waals surface area contributed by atoms with Crippen LogP contribution in [0.25, 0.3) is 0 Å². The van der Waals surface area contributed by atoms with Gasteiger partial charge in [-0.2, -0.15) is 0 Å². The highest BCUT2D eigenvalue weighted by molar-refractivity contribution is 7.89. The maximum absolute atomic E-state index is 12.2. The molecular weight excluding hydrogens is 242 g/mol. The van der Waals surface area contributed by atoms with Crippen LogP contribution < -0.4 is 0 Å². The molecule has 17 heavy (non-hydrogen) atoms. The number of hydrogen-bond donors (Lipinski definition) is 0. The zero-order valence-corrected chi connectivity index (χ0v) is 11.2. The van der Waals surface area contributed by atoms with Crippen LogP contribution in [0.5, 0.6) is 0 Å². The number of hydrogen-bond acceptors (Lipinski definition) is 4. The molecule has 0 aromatic heterocycles. The third kappa shape index (κ3) is 3.04. The molecule has 0 unspecified atom stereocenters. The average molecular weight is 259 g/mol. The van der Waals surface area contributed by atoms with Gasteiger partial charge in [-0.05, 0) is 19.1 Å². The standard InChI is InChI=1S/C11H17NO4S/c1-9-5-7-10(8-6-9)17(13,14)12(2)11(15-3)16-4/h5-8,11H,1-4H3. The Balaban J connectivity index is 3.06. The van der Waals surface area contributed by atoms with Gasteiger partial charge in [0.25, 0.3) is 0 Å². The number of sulfonamides is 1. The Labute approximate surface area is 102 Å². The molecule has 0 fully saturated rings. The Hall–Kier alpha value is -0.950. The Morgan fingerprint density at radius 3 is 2.00 bits per heavy atom. The Kier molecular flexibility index (Phi) is 4.64. The predicted molar refractivity (Wildman–Crippen MR) is 63.9 cm³/mol. The van der Waals surface area contributed by atoms with Crippen molar-refractivity contribution >= 4 is 10.0 Å². The van der Waals surface area contributed by atoms with Gasteiger partial charge in [-0.1, -0.05) is 17.7 Å². The van der Waals surface area contributed by atoms with Crippen molar-refractivity contribution in [3.63, 3.8) is 0 Å². The highest BCUT2D eigenvalue weighted by Crippen LogP contribution is 2.17. The average Bonchev–Trinajstić information content (AvgIpc) is 2.31. The molecular formula is C11H17NO4S. The monoisotopic (exact) mass is 259 g/mol. The van der Waals surface area contributed by atoms with Gasteiger partial charge in [0.2, 0.25) is 16.4 Å². The molecule has 0 saturated heterocycles. The van der Waals surface area contributed by atoms with Crippen LogP contribution in [-0.4, -0.2) is 40.4 Å². The van der Waals surface area contributed by atoms with Crippen molar-refractivity contribution in [3.05, 3.63) is 29.8 Å². The summed E-state index contributed by atoms with van der Waals surface area (Å²) < 4.78 is 35.2. The van der Waals surface area contributed by atoms with Gasteiger partial charge in [-0.15, -0.1) is 4.31 Å². The third-order valence-electron chi connectivity index (χ3n) is 2.40. The zero-order chi connectivity index (χ0) is 13.1. The lowest BCUT2D eigenvalue weighted by atomic mass is 10.2. The minimum Gasteiger partial charge on any atom is -0.342 e. The molecule has 0 radical (unpaired) electrons. The summed E-state index contributed by atoms with van der Waals surface area (Å²) in [6, 6.07) is 6.61. The Bertz CT molecular complexity index is 451. The molecule has 0 aliphatic heterocycles. The summed E-state index contributed by atoms with van der Waals surface area (Å²) in [6.45, 7) is 1.90. The molecule has 0 bridgehead atoms. The van der Waals surface area contributed by atoms with E-state index in [2.05, 4.69) is 0 Å². The quantitative estimate of drug-likeness (QED) is 0.745. The second-order valence-corrected chi connectivity index (χ2v) is 5.61. The van der Waals surface area contributed by atoms with E-state index < -0.39 is 16.4 Å². The van der Waals surface area contributed by atoms with Gasteiger partial charge >= 0.3 is 0 Å². The van der Waals surface area contributed by atoms with Crippen molar-refractivity contribution < 1.29 is 17.9 Å². The molecule has 96 valence electrons. The molecule has 0 aliphatic rings. The van der Waals surface area contributed by atoms with E-state index in [0.29, 0.717) is 0 Å². The topological polar surface area (TPSA) is 55.8 Å². The lowest BCUT2D eigenvalue weighted by Gasteiger charge is -2.24. The van der Waals surface area contributed by atoms with Gasteiger partial charge in [0, 0.05) is 21.3 Å². The van der Waals surface area contributed by atoms with Crippen molar-refractivity contribution in [2.75, 3.05) is 21.3 Å². The van der Waals surface area contributed by atoms with Crippen molar-refractivity contribution in [3.8, 4) is 0 Å². The van der Waals surface area contributed by atoms with Crippen molar-refractivity contribution in [1.82, 2.24) is 4.31 Å². The summed E-state index contributed by atoms with van der Waals surface area (Å²) in [5, 5.41) is 0. The minimum absolute atomic E-state index is 0.213. The van der Waals surface area contributed by atoms with Crippen molar-refractivity contribution in [2.45, 2.75) is 18.2 Å². The Morgan fingerprint density at radius 2 is 1.59 bits per heavy atom. The van der Waals surface area contributed by atoms with Gasteiger partial charge in [0.1, 0.15) is 0 Å². The molecule has 0 spiro atoms. The van der Waals surface area contributed by atoms with E-state index in [4.69, 9.17) is 9.47 Å². The predicted octanol–water partition coefficient (Wildman–Crippen LogP) is 1.19. The van der Waals surface area contributed by atoms with Crippen LogP contribution in [0.2, 0.25) is 0 Å². The lowest BCUT2D eigenvalue weighted by molar-refractivity contribution is -0.158. The summed E-state index contributed by atoms with van der Waals surface area (Å²) in [7, 11) is 0.582. The van der Waals surface area contributed by atoms with Gasteiger partial charge in [0.15, 0.2) is 0 Å². The van der Waals surface area contributed by atoms with Gasteiger partial charge in [0.05, 0.1) is 4.90 Å². The van der Waals surface area contributed by atoms with Crippen LogP contribution in [-0.2, 0) is 19.5 Å². The first-order chi connectivity index (χ1) is 7.93. The highest BCUT2D eigenvalue weighted by Gasteiger charge is 2.27. The fraction of sp³-hybridized carbons (Fsp3) is 0.455. The second kappa shape index (κ2) is 5.59. The maximum Gasteiger partial charge on any atom is 0.246 e. The number of methoxy groups -OCH3 is 2. The molecule has 1 aromatic rings. The van der Waals surface area contributed by atoms with E-state index >= 15 is 0 Å². The van der Waals surface area contributed by atoms with Gasteiger partial charge < -0.3 is 9.47 Å². The Morgan fingerprint density at radius 1 is 1.12 bits per heavy atom. The van der Waals surface area contributed by atoms with Crippen LogP contribution in [0.4, 0.5) is 0 Å². The van der Waals surface area contributed by atoms with Crippen LogP contribution in [0.3, 0.4) is 0 Å². The molecule has 5 nitrogen and oxygen atoms in total. The lowest BCUT2D eigenvalue weighted by Crippen LogP contribution is -2.39. The third-order valence-corrected chi connectivity index (χ3v) is 4.20. The van der Waals surface area contributed by atoms with E-state index in [-0.39, 0.29) is 4.90 Å². The largest absolute Gasteiger partial charge is 0.342 e. The van der Waals surface area contributed by atoms with Crippen LogP contribution in [0.15, 0.2) is 29.2 Å². The van der Waals surface area contributed by atoms with Gasteiger partial charge in [-0.3, -0.25) is 0 Å². The number of ether oxygens (including phenoxy) is 2.